The summed E-state index contributed by atoms with van der Waals surface area (Å²) in [6, 6.07) is 0. The van der Waals surface area contributed by atoms with Crippen molar-refractivity contribution in [3.8, 4) is 12.3 Å². The van der Waals surface area contributed by atoms with Gasteiger partial charge in [-0.3, -0.25) is 0 Å². The van der Waals surface area contributed by atoms with E-state index < -0.39 is 5.97 Å². The normalized spacial score (nSPS) is 17.1. The second-order valence-corrected chi connectivity index (χ2v) is 4.59. The molecular weight excluding hydrogens is 224 g/mol. The van der Waals surface area contributed by atoms with Gasteiger partial charge >= 0.3 is 5.97 Å². The van der Waals surface area contributed by atoms with Gasteiger partial charge in [-0.25, -0.2) is 9.78 Å². The average Bonchev–Trinajstić information content (AvgIpc) is 2.78. The SMILES string of the molecule is C#CC1CCN(c2nc(C(=O)O)cs2)CC1. The summed E-state index contributed by atoms with van der Waals surface area (Å²) in [6.07, 6.45) is 7.29. The fourth-order valence-corrected chi connectivity index (χ4v) is 2.60. The Morgan fingerprint density at radius 1 is 1.62 bits per heavy atom. The molecule has 0 aromatic carbocycles. The minimum atomic E-state index is -0.971. The number of aromatic nitrogens is 1. The number of carboxylic acids is 1. The molecule has 84 valence electrons. The first-order valence-electron chi connectivity index (χ1n) is 5.10. The smallest absolute Gasteiger partial charge is 0.355 e. The molecule has 1 aromatic heterocycles. The maximum atomic E-state index is 10.7. The molecule has 5 heteroatoms. The third-order valence-electron chi connectivity index (χ3n) is 2.71. The number of carbonyl (C=O) groups is 1. The van der Waals surface area contributed by atoms with Gasteiger partial charge in [0.2, 0.25) is 0 Å². The van der Waals surface area contributed by atoms with Gasteiger partial charge in [0, 0.05) is 24.4 Å². The van der Waals surface area contributed by atoms with Crippen LogP contribution in [-0.4, -0.2) is 29.1 Å². The van der Waals surface area contributed by atoms with Crippen LogP contribution in [0.25, 0.3) is 0 Å². The van der Waals surface area contributed by atoms with Crippen molar-refractivity contribution >= 4 is 22.4 Å². The lowest BCUT2D eigenvalue weighted by Crippen LogP contribution is -2.33. The van der Waals surface area contributed by atoms with Gasteiger partial charge in [-0.05, 0) is 12.8 Å². The molecule has 1 fully saturated rings. The number of anilines is 1. The van der Waals surface area contributed by atoms with Gasteiger partial charge in [-0.2, -0.15) is 0 Å². The molecule has 1 aliphatic heterocycles. The highest BCUT2D eigenvalue weighted by atomic mass is 32.1. The van der Waals surface area contributed by atoms with Crippen molar-refractivity contribution in [2.24, 2.45) is 5.92 Å². The Kier molecular flexibility index (Phi) is 3.11. The van der Waals surface area contributed by atoms with Gasteiger partial charge in [-0.1, -0.05) is 0 Å². The molecule has 2 heterocycles. The number of rotatable bonds is 2. The van der Waals surface area contributed by atoms with Gasteiger partial charge in [0.25, 0.3) is 0 Å². The molecule has 0 aliphatic carbocycles. The number of carboxylic acid groups (broad SMARTS) is 1. The Balaban J connectivity index is 2.03. The van der Waals surface area contributed by atoms with Crippen molar-refractivity contribution in [2.75, 3.05) is 18.0 Å². The molecule has 0 bridgehead atoms. The Hall–Kier alpha value is -1.54. The van der Waals surface area contributed by atoms with Crippen molar-refractivity contribution in [3.63, 3.8) is 0 Å². The Bertz CT molecular complexity index is 427. The van der Waals surface area contributed by atoms with Crippen molar-refractivity contribution < 1.29 is 9.90 Å². The summed E-state index contributed by atoms with van der Waals surface area (Å²) in [5, 5.41) is 11.1. The highest BCUT2D eigenvalue weighted by molar-refractivity contribution is 7.13. The predicted octanol–water partition coefficient (Wildman–Crippen LogP) is 1.69. The lowest BCUT2D eigenvalue weighted by molar-refractivity contribution is 0.0691. The summed E-state index contributed by atoms with van der Waals surface area (Å²) in [5.74, 6) is 2.15. The number of hydrogen-bond donors (Lipinski definition) is 1. The van der Waals surface area contributed by atoms with Crippen LogP contribution >= 0.6 is 11.3 Å². The average molecular weight is 236 g/mol. The first-order chi connectivity index (χ1) is 7.70. The largest absolute Gasteiger partial charge is 0.476 e. The molecule has 4 nitrogen and oxygen atoms in total. The summed E-state index contributed by atoms with van der Waals surface area (Å²) in [5.41, 5.74) is 0.124. The van der Waals surface area contributed by atoms with Crippen molar-refractivity contribution in [1.82, 2.24) is 4.98 Å². The van der Waals surface area contributed by atoms with Crippen LogP contribution in [0.3, 0.4) is 0 Å². The van der Waals surface area contributed by atoms with Crippen LogP contribution in [0, 0.1) is 18.3 Å². The van der Waals surface area contributed by atoms with Crippen LogP contribution in [0.5, 0.6) is 0 Å². The van der Waals surface area contributed by atoms with E-state index in [0.717, 1.165) is 31.1 Å². The number of hydrogen-bond acceptors (Lipinski definition) is 4. The van der Waals surface area contributed by atoms with Crippen LogP contribution in [0.4, 0.5) is 5.13 Å². The number of thiazole rings is 1. The molecule has 16 heavy (non-hydrogen) atoms. The van der Waals surface area contributed by atoms with E-state index in [4.69, 9.17) is 11.5 Å². The maximum Gasteiger partial charge on any atom is 0.355 e. The highest BCUT2D eigenvalue weighted by Gasteiger charge is 2.20. The first kappa shape index (κ1) is 11.0. The zero-order valence-corrected chi connectivity index (χ0v) is 9.54. The van der Waals surface area contributed by atoms with Crippen molar-refractivity contribution in [2.45, 2.75) is 12.8 Å². The third kappa shape index (κ3) is 2.17. The maximum absolute atomic E-state index is 10.7. The molecular formula is C11H12N2O2S. The van der Waals surface area contributed by atoms with Crippen LogP contribution in [0.1, 0.15) is 23.3 Å². The lowest BCUT2D eigenvalue weighted by atomic mass is 9.98. The summed E-state index contributed by atoms with van der Waals surface area (Å²) in [4.78, 5) is 16.9. The van der Waals surface area contributed by atoms with Gasteiger partial charge in [0.05, 0.1) is 0 Å². The van der Waals surface area contributed by atoms with Crippen LogP contribution < -0.4 is 4.90 Å². The van der Waals surface area contributed by atoms with Crippen molar-refractivity contribution in [3.05, 3.63) is 11.1 Å². The van der Waals surface area contributed by atoms with E-state index in [9.17, 15) is 4.79 Å². The molecule has 0 atom stereocenters. The molecule has 1 N–H and O–H groups in total. The molecule has 2 rings (SSSR count). The second-order valence-electron chi connectivity index (χ2n) is 3.75. The minimum absolute atomic E-state index is 0.124. The number of aromatic carboxylic acids is 1. The Morgan fingerprint density at radius 3 is 2.81 bits per heavy atom. The van der Waals surface area contributed by atoms with Gasteiger partial charge in [0.1, 0.15) is 0 Å². The van der Waals surface area contributed by atoms with Gasteiger partial charge in [0.15, 0.2) is 10.8 Å². The molecule has 0 radical (unpaired) electrons. The first-order valence-corrected chi connectivity index (χ1v) is 5.98. The zero-order valence-electron chi connectivity index (χ0n) is 8.72. The molecule has 1 saturated heterocycles. The Labute approximate surface area is 97.9 Å². The van der Waals surface area contributed by atoms with Crippen LogP contribution in [0.15, 0.2) is 5.38 Å². The number of terminal acetylenes is 1. The monoisotopic (exact) mass is 236 g/mol. The van der Waals surface area contributed by atoms with Crippen LogP contribution in [0.2, 0.25) is 0 Å². The summed E-state index contributed by atoms with van der Waals surface area (Å²) < 4.78 is 0. The molecule has 0 saturated carbocycles. The molecule has 1 aliphatic rings. The van der Waals surface area contributed by atoms with Crippen LogP contribution in [-0.2, 0) is 0 Å². The summed E-state index contributed by atoms with van der Waals surface area (Å²) >= 11 is 1.38. The third-order valence-corrected chi connectivity index (χ3v) is 3.61. The standard InChI is InChI=1S/C11H12N2O2S/c1-2-8-3-5-13(6-4-8)11-12-9(7-16-11)10(14)15/h1,7-8H,3-6H2,(H,14,15). The topological polar surface area (TPSA) is 53.4 Å². The van der Waals surface area contributed by atoms with E-state index in [2.05, 4.69) is 15.8 Å². The molecule has 0 unspecified atom stereocenters. The van der Waals surface area contributed by atoms with Gasteiger partial charge < -0.3 is 10.0 Å². The number of nitrogens with zero attached hydrogens (tertiary/aromatic N) is 2. The van der Waals surface area contributed by atoms with E-state index in [1.54, 1.807) is 5.38 Å². The summed E-state index contributed by atoms with van der Waals surface area (Å²) in [7, 11) is 0. The van der Waals surface area contributed by atoms with E-state index >= 15 is 0 Å². The van der Waals surface area contributed by atoms with Gasteiger partial charge in [-0.15, -0.1) is 23.7 Å². The summed E-state index contributed by atoms with van der Waals surface area (Å²) in [6.45, 7) is 1.73. The number of piperidine rings is 1. The minimum Gasteiger partial charge on any atom is -0.476 e. The second kappa shape index (κ2) is 4.54. The van der Waals surface area contributed by atoms with E-state index in [1.165, 1.54) is 11.3 Å². The predicted molar refractivity (Wildman–Crippen MR) is 62.8 cm³/mol. The quantitative estimate of drug-likeness (QED) is 0.794. The van der Waals surface area contributed by atoms with Crippen molar-refractivity contribution in [1.29, 1.82) is 0 Å². The molecule has 0 spiro atoms. The fourth-order valence-electron chi connectivity index (χ4n) is 1.75. The lowest BCUT2D eigenvalue weighted by Gasteiger charge is -2.29. The van der Waals surface area contributed by atoms with E-state index in [0.29, 0.717) is 5.92 Å². The zero-order chi connectivity index (χ0) is 11.5. The highest BCUT2D eigenvalue weighted by Crippen LogP contribution is 2.25. The molecule has 1 aromatic rings. The fraction of sp³-hybridized carbons (Fsp3) is 0.455. The molecule has 0 amide bonds. The van der Waals surface area contributed by atoms with E-state index in [-0.39, 0.29) is 5.69 Å². The Morgan fingerprint density at radius 2 is 2.31 bits per heavy atom. The van der Waals surface area contributed by atoms with E-state index in [1.807, 2.05) is 0 Å².